The summed E-state index contributed by atoms with van der Waals surface area (Å²) in [5.41, 5.74) is 0. The van der Waals surface area contributed by atoms with E-state index in [0.717, 1.165) is 135 Å². The Kier molecular flexibility index (Phi) is 49.5. The monoisotopic (exact) mass is 901 g/mol. The molecule has 0 aromatic heterocycles. The molecule has 6 nitrogen and oxygen atoms in total. The van der Waals surface area contributed by atoms with Crippen molar-refractivity contribution in [1.82, 2.24) is 0 Å². The minimum atomic E-state index is -0.816. The molecule has 0 saturated heterocycles. The summed E-state index contributed by atoms with van der Waals surface area (Å²) in [6.07, 6.45) is 70.8. The quantitative estimate of drug-likeness (QED) is 0.0262. The first kappa shape index (κ1) is 61.1. The van der Waals surface area contributed by atoms with E-state index < -0.39 is 6.10 Å². The summed E-state index contributed by atoms with van der Waals surface area (Å²) in [4.78, 5) is 38.0. The maximum Gasteiger partial charge on any atom is 0.306 e. The van der Waals surface area contributed by atoms with Gasteiger partial charge in [-0.1, -0.05) is 201 Å². The predicted molar refractivity (Wildman–Crippen MR) is 279 cm³/mol. The van der Waals surface area contributed by atoms with Crippen LogP contribution < -0.4 is 0 Å². The molecule has 0 rings (SSSR count). The lowest BCUT2D eigenvalue weighted by molar-refractivity contribution is -0.167. The number of rotatable bonds is 46. The van der Waals surface area contributed by atoms with Crippen molar-refractivity contribution in [2.24, 2.45) is 0 Å². The van der Waals surface area contributed by atoms with Crippen LogP contribution in [0, 0.1) is 0 Å². The number of unbranched alkanes of at least 4 members (excludes halogenated alkanes) is 17. The van der Waals surface area contributed by atoms with Crippen LogP contribution in [-0.2, 0) is 28.6 Å². The van der Waals surface area contributed by atoms with Crippen molar-refractivity contribution in [3.63, 3.8) is 0 Å². The van der Waals surface area contributed by atoms with Crippen LogP contribution in [0.3, 0.4) is 0 Å². The highest BCUT2D eigenvalue weighted by Gasteiger charge is 2.19. The normalized spacial score (nSPS) is 13.0. The molecule has 0 aliphatic carbocycles. The Morgan fingerprint density at radius 1 is 0.323 bits per heavy atom. The second-order valence-corrected chi connectivity index (χ2v) is 17.0. The van der Waals surface area contributed by atoms with Crippen LogP contribution in [0.15, 0.2) is 109 Å². The van der Waals surface area contributed by atoms with E-state index in [-0.39, 0.29) is 37.5 Å². The molecule has 0 aliphatic heterocycles. The van der Waals surface area contributed by atoms with E-state index in [0.29, 0.717) is 19.3 Å². The second-order valence-electron chi connectivity index (χ2n) is 17.0. The van der Waals surface area contributed by atoms with Crippen LogP contribution in [0.4, 0.5) is 0 Å². The maximum absolute atomic E-state index is 12.8. The zero-order valence-corrected chi connectivity index (χ0v) is 42.0. The van der Waals surface area contributed by atoms with E-state index in [9.17, 15) is 14.4 Å². The summed E-state index contributed by atoms with van der Waals surface area (Å²) in [6.45, 7) is 6.32. The van der Waals surface area contributed by atoms with Crippen molar-refractivity contribution in [1.29, 1.82) is 0 Å². The van der Waals surface area contributed by atoms with E-state index in [2.05, 4.69) is 130 Å². The Bertz CT molecular complexity index is 1360. The van der Waals surface area contributed by atoms with Crippen LogP contribution >= 0.6 is 0 Å². The topological polar surface area (TPSA) is 78.9 Å². The van der Waals surface area contributed by atoms with Gasteiger partial charge in [-0.25, -0.2) is 0 Å². The average Bonchev–Trinajstić information content (AvgIpc) is 3.30. The molecule has 65 heavy (non-hydrogen) atoms. The fourth-order valence-corrected chi connectivity index (χ4v) is 6.84. The second kappa shape index (κ2) is 52.7. The third-order valence-electron chi connectivity index (χ3n) is 10.7. The molecule has 0 spiro atoms. The average molecular weight is 901 g/mol. The summed E-state index contributed by atoms with van der Waals surface area (Å²) in [6, 6.07) is 0. The molecule has 0 amide bonds. The molecule has 6 heteroatoms. The van der Waals surface area contributed by atoms with Crippen molar-refractivity contribution in [3.05, 3.63) is 109 Å². The fourth-order valence-electron chi connectivity index (χ4n) is 6.84. The zero-order chi connectivity index (χ0) is 47.2. The van der Waals surface area contributed by atoms with Crippen LogP contribution in [0.5, 0.6) is 0 Å². The number of hydrogen-bond acceptors (Lipinski definition) is 6. The number of hydrogen-bond donors (Lipinski definition) is 0. The molecular weight excluding hydrogens is 805 g/mol. The lowest BCUT2D eigenvalue weighted by Gasteiger charge is -2.18. The third-order valence-corrected chi connectivity index (χ3v) is 10.7. The summed E-state index contributed by atoms with van der Waals surface area (Å²) in [7, 11) is 0. The summed E-state index contributed by atoms with van der Waals surface area (Å²) >= 11 is 0. The standard InChI is InChI=1S/C59H96O6/c1-4-7-10-13-16-19-22-25-28-29-32-34-37-40-43-46-49-52-58(61)64-55-56(65-59(62)53-50-47-44-41-38-35-31-27-24-21-18-15-12-9-6-3)54-63-57(60)51-48-45-42-39-36-33-30-26-23-20-17-14-11-8-5-2/h8-9,11-12,17-18,20-21,25-28,30-32,34,40,43,56H,4-7,10,13-16,19,22-24,29,33,35-39,41-42,44-55H2,1-3H3/b11-8-,12-9-,20-17-,21-18-,28-25-,30-26-,31-27-,34-32-,43-40-/t56-/m1/s1. The maximum atomic E-state index is 12.8. The Hall–Kier alpha value is -3.93. The highest BCUT2D eigenvalue weighted by molar-refractivity contribution is 5.71. The van der Waals surface area contributed by atoms with Gasteiger partial charge in [0.1, 0.15) is 13.2 Å². The van der Waals surface area contributed by atoms with Gasteiger partial charge in [0.05, 0.1) is 0 Å². The van der Waals surface area contributed by atoms with Crippen LogP contribution in [0.1, 0.15) is 226 Å². The molecule has 0 aliphatic rings. The van der Waals surface area contributed by atoms with Crippen molar-refractivity contribution in [2.75, 3.05) is 13.2 Å². The number of carbonyl (C=O) groups excluding carboxylic acids is 3. The van der Waals surface area contributed by atoms with E-state index in [1.807, 2.05) is 0 Å². The van der Waals surface area contributed by atoms with Crippen molar-refractivity contribution >= 4 is 17.9 Å². The number of carbonyl (C=O) groups is 3. The molecule has 0 bridgehead atoms. The van der Waals surface area contributed by atoms with Gasteiger partial charge >= 0.3 is 17.9 Å². The Labute approximate surface area is 400 Å². The van der Waals surface area contributed by atoms with Gasteiger partial charge < -0.3 is 14.2 Å². The summed E-state index contributed by atoms with van der Waals surface area (Å²) < 4.78 is 16.7. The van der Waals surface area contributed by atoms with Crippen LogP contribution in [0.25, 0.3) is 0 Å². The minimum Gasteiger partial charge on any atom is -0.462 e. The van der Waals surface area contributed by atoms with Crippen molar-refractivity contribution in [3.8, 4) is 0 Å². The molecule has 0 unspecified atom stereocenters. The van der Waals surface area contributed by atoms with E-state index in [1.165, 1.54) is 44.9 Å². The van der Waals surface area contributed by atoms with Crippen LogP contribution in [0.2, 0.25) is 0 Å². The minimum absolute atomic E-state index is 0.112. The zero-order valence-electron chi connectivity index (χ0n) is 42.0. The smallest absolute Gasteiger partial charge is 0.306 e. The van der Waals surface area contributed by atoms with Gasteiger partial charge in [0, 0.05) is 19.3 Å². The molecule has 0 saturated carbocycles. The first-order valence-electron chi connectivity index (χ1n) is 26.4. The number of esters is 3. The SMILES string of the molecule is CC/C=C\C/C=C\C/C=C\CCCCCCCC(=O)OC[C@H](COC(=O)CCC/C=C\C/C=C\C/C=C\CCCCCCCC)OC(=O)CCCCCCC/C=C\C/C=C\C/C=C\CC. The van der Waals surface area contributed by atoms with Crippen LogP contribution in [-0.4, -0.2) is 37.2 Å². The van der Waals surface area contributed by atoms with Gasteiger partial charge in [-0.05, 0) is 116 Å². The Morgan fingerprint density at radius 3 is 1.00 bits per heavy atom. The van der Waals surface area contributed by atoms with Gasteiger partial charge in [0.2, 0.25) is 0 Å². The van der Waals surface area contributed by atoms with Gasteiger partial charge in [0.25, 0.3) is 0 Å². The lowest BCUT2D eigenvalue weighted by atomic mass is 10.1. The van der Waals surface area contributed by atoms with Gasteiger partial charge in [0.15, 0.2) is 6.10 Å². The molecular formula is C59H96O6. The van der Waals surface area contributed by atoms with E-state index in [1.54, 1.807) is 0 Å². The third kappa shape index (κ3) is 50.9. The first-order chi connectivity index (χ1) is 32.0. The van der Waals surface area contributed by atoms with Crippen molar-refractivity contribution in [2.45, 2.75) is 232 Å². The predicted octanol–water partition coefficient (Wildman–Crippen LogP) is 17.5. The largest absolute Gasteiger partial charge is 0.462 e. The van der Waals surface area contributed by atoms with Gasteiger partial charge in [-0.3, -0.25) is 14.4 Å². The highest BCUT2D eigenvalue weighted by Crippen LogP contribution is 2.13. The number of ether oxygens (including phenoxy) is 3. The summed E-state index contributed by atoms with van der Waals surface area (Å²) in [5, 5.41) is 0. The molecule has 0 heterocycles. The molecule has 0 N–H and O–H groups in total. The van der Waals surface area contributed by atoms with Gasteiger partial charge in [-0.2, -0.15) is 0 Å². The Balaban J connectivity index is 4.53. The number of allylic oxidation sites excluding steroid dienone is 18. The first-order valence-corrected chi connectivity index (χ1v) is 26.4. The van der Waals surface area contributed by atoms with Gasteiger partial charge in [-0.15, -0.1) is 0 Å². The van der Waals surface area contributed by atoms with E-state index in [4.69, 9.17) is 14.2 Å². The highest BCUT2D eigenvalue weighted by atomic mass is 16.6. The summed E-state index contributed by atoms with van der Waals surface area (Å²) in [5.74, 6) is -1.00. The molecule has 1 atom stereocenters. The molecule has 0 radical (unpaired) electrons. The lowest BCUT2D eigenvalue weighted by Crippen LogP contribution is -2.30. The fraction of sp³-hybridized carbons (Fsp3) is 0.644. The Morgan fingerprint density at radius 2 is 0.615 bits per heavy atom. The molecule has 368 valence electrons. The molecule has 0 aromatic carbocycles. The molecule has 0 fully saturated rings. The van der Waals surface area contributed by atoms with Crippen molar-refractivity contribution < 1.29 is 28.6 Å². The molecule has 0 aromatic rings. The van der Waals surface area contributed by atoms with E-state index >= 15 is 0 Å².